The number of rotatable bonds is 4. The highest BCUT2D eigenvalue weighted by Gasteiger charge is 2.33. The normalized spacial score (nSPS) is 11.3. The predicted molar refractivity (Wildman–Crippen MR) is 117 cm³/mol. The van der Waals surface area contributed by atoms with E-state index in [4.69, 9.17) is 5.26 Å². The number of phenols is 1. The Labute approximate surface area is 194 Å². The van der Waals surface area contributed by atoms with Crippen LogP contribution in [0.15, 0.2) is 65.7 Å². The van der Waals surface area contributed by atoms with Crippen LogP contribution >= 0.6 is 0 Å². The summed E-state index contributed by atoms with van der Waals surface area (Å²) in [6.45, 7) is -0.422. The first kappa shape index (κ1) is 23.4. The average molecular weight is 482 g/mol. The van der Waals surface area contributed by atoms with Crippen molar-refractivity contribution in [2.24, 2.45) is 0 Å². The van der Waals surface area contributed by atoms with Gasteiger partial charge in [-0.3, -0.25) is 14.2 Å². The first-order valence-corrected chi connectivity index (χ1v) is 9.97. The van der Waals surface area contributed by atoms with E-state index in [1.165, 1.54) is 36.4 Å². The lowest BCUT2D eigenvalue weighted by Crippen LogP contribution is -2.24. The van der Waals surface area contributed by atoms with Crippen molar-refractivity contribution in [3.8, 4) is 11.8 Å². The molecule has 2 N–H and O–H groups in total. The van der Waals surface area contributed by atoms with Gasteiger partial charge in [0.25, 0.3) is 11.5 Å². The van der Waals surface area contributed by atoms with Gasteiger partial charge in [-0.1, -0.05) is 24.3 Å². The molecule has 1 aromatic heterocycles. The first-order chi connectivity index (χ1) is 16.6. The number of amides is 1. The van der Waals surface area contributed by atoms with E-state index in [-0.39, 0.29) is 27.7 Å². The number of carbonyl (C=O) groups is 1. The number of aromatic hydroxyl groups is 1. The summed E-state index contributed by atoms with van der Waals surface area (Å²) in [4.78, 5) is 30.0. The molecule has 1 heterocycles. The lowest BCUT2D eigenvalue weighted by molar-refractivity contribution is -0.138. The number of carbonyl (C=O) groups excluding carboxylic acids is 1. The highest BCUT2D eigenvalue weighted by Crippen LogP contribution is 2.32. The molecule has 176 valence electrons. The third-order valence-electron chi connectivity index (χ3n) is 5.21. The number of fused-ring (bicyclic) bond motifs is 1. The molecule has 7 nitrogen and oxygen atoms in total. The van der Waals surface area contributed by atoms with E-state index in [1.54, 1.807) is 6.07 Å². The van der Waals surface area contributed by atoms with Gasteiger partial charge < -0.3 is 10.4 Å². The van der Waals surface area contributed by atoms with E-state index in [2.05, 4.69) is 10.3 Å². The van der Waals surface area contributed by atoms with E-state index in [9.17, 15) is 32.3 Å². The van der Waals surface area contributed by atoms with Crippen molar-refractivity contribution in [2.75, 3.05) is 5.32 Å². The Hall–Kier alpha value is -4.72. The second kappa shape index (κ2) is 8.90. The van der Waals surface area contributed by atoms with Crippen LogP contribution in [0.1, 0.15) is 27.0 Å². The molecule has 0 saturated heterocycles. The van der Waals surface area contributed by atoms with E-state index in [1.807, 2.05) is 0 Å². The van der Waals surface area contributed by atoms with Crippen LogP contribution in [0.2, 0.25) is 0 Å². The first-order valence-electron chi connectivity index (χ1n) is 9.97. The van der Waals surface area contributed by atoms with Crippen molar-refractivity contribution in [3.63, 3.8) is 0 Å². The van der Waals surface area contributed by atoms with Crippen LogP contribution in [0.5, 0.6) is 5.75 Å². The standard InChI is InChI=1S/C24H14F4N4O3/c25-17-9-14(8-15(10-29)21(17)33)22(34)31-19-7-3-6-18-20(19)23(35)32(12-30-18)11-13-4-1-2-5-16(13)24(26,27)28/h1-9,12,33H,11H2,(H,31,34). The number of alkyl halides is 3. The Bertz CT molecular complexity index is 1570. The smallest absolute Gasteiger partial charge is 0.416 e. The SMILES string of the molecule is N#Cc1cc(C(=O)Nc2cccc3ncn(Cc4ccccc4C(F)(F)F)c(=O)c23)cc(F)c1O. The van der Waals surface area contributed by atoms with Crippen molar-refractivity contribution in [2.45, 2.75) is 12.7 Å². The minimum Gasteiger partial charge on any atom is -0.504 e. The Morgan fingerprint density at radius 1 is 1.14 bits per heavy atom. The fraction of sp³-hybridized carbons (Fsp3) is 0.0833. The van der Waals surface area contributed by atoms with E-state index >= 15 is 0 Å². The summed E-state index contributed by atoms with van der Waals surface area (Å²) in [5.41, 5.74) is -2.35. The number of halogens is 4. The summed E-state index contributed by atoms with van der Waals surface area (Å²) in [6.07, 6.45) is -3.51. The van der Waals surface area contributed by atoms with Gasteiger partial charge in [-0.2, -0.15) is 18.4 Å². The summed E-state index contributed by atoms with van der Waals surface area (Å²) in [6, 6.07) is 12.4. The number of hydrogen-bond acceptors (Lipinski definition) is 5. The van der Waals surface area contributed by atoms with Crippen LogP contribution in [-0.4, -0.2) is 20.6 Å². The number of nitrogens with zero attached hydrogens (tertiary/aromatic N) is 3. The van der Waals surface area contributed by atoms with E-state index in [0.29, 0.717) is 0 Å². The average Bonchev–Trinajstić information content (AvgIpc) is 2.82. The molecule has 0 unspecified atom stereocenters. The van der Waals surface area contributed by atoms with Crippen molar-refractivity contribution in [1.29, 1.82) is 5.26 Å². The molecule has 3 aromatic carbocycles. The summed E-state index contributed by atoms with van der Waals surface area (Å²) < 4.78 is 55.0. The number of anilines is 1. The van der Waals surface area contributed by atoms with Crippen LogP contribution < -0.4 is 10.9 Å². The number of phenolic OH excluding ortho intramolecular Hbond substituents is 1. The molecule has 0 radical (unpaired) electrons. The Balaban J connectivity index is 1.75. The number of hydrogen-bond donors (Lipinski definition) is 2. The van der Waals surface area contributed by atoms with Crippen LogP contribution in [-0.2, 0) is 12.7 Å². The molecule has 0 saturated carbocycles. The van der Waals surface area contributed by atoms with E-state index in [0.717, 1.165) is 29.1 Å². The summed E-state index contributed by atoms with van der Waals surface area (Å²) in [5, 5.41) is 20.9. The molecule has 35 heavy (non-hydrogen) atoms. The number of benzene rings is 3. The molecular formula is C24H14F4N4O3. The molecule has 11 heteroatoms. The summed E-state index contributed by atoms with van der Waals surface area (Å²) >= 11 is 0. The fourth-order valence-electron chi connectivity index (χ4n) is 3.55. The lowest BCUT2D eigenvalue weighted by atomic mass is 10.1. The largest absolute Gasteiger partial charge is 0.504 e. The summed E-state index contributed by atoms with van der Waals surface area (Å²) in [5.74, 6) is -2.97. The number of nitriles is 1. The van der Waals surface area contributed by atoms with Gasteiger partial charge in [0.2, 0.25) is 0 Å². The molecule has 1 amide bonds. The quantitative estimate of drug-likeness (QED) is 0.419. The van der Waals surface area contributed by atoms with Gasteiger partial charge in [-0.25, -0.2) is 9.37 Å². The van der Waals surface area contributed by atoms with Gasteiger partial charge >= 0.3 is 6.18 Å². The third kappa shape index (κ3) is 4.54. The second-order valence-corrected chi connectivity index (χ2v) is 7.45. The van der Waals surface area contributed by atoms with Crippen molar-refractivity contribution >= 4 is 22.5 Å². The molecule has 0 atom stereocenters. The molecule has 0 bridgehead atoms. The number of nitrogens with one attached hydrogen (secondary N) is 1. The van der Waals surface area contributed by atoms with Gasteiger partial charge in [0, 0.05) is 5.56 Å². The van der Waals surface area contributed by atoms with Gasteiger partial charge in [-0.05, 0) is 35.9 Å². The molecular weight excluding hydrogens is 468 g/mol. The van der Waals surface area contributed by atoms with Crippen molar-refractivity contribution < 1.29 is 27.5 Å². The lowest BCUT2D eigenvalue weighted by Gasteiger charge is -2.15. The van der Waals surface area contributed by atoms with E-state index < -0.39 is 46.9 Å². The van der Waals surface area contributed by atoms with Gasteiger partial charge in [0.1, 0.15) is 6.07 Å². The Kier molecular flexibility index (Phi) is 5.96. The Morgan fingerprint density at radius 2 is 1.89 bits per heavy atom. The molecule has 0 aliphatic rings. The van der Waals surface area contributed by atoms with Crippen LogP contribution in [0, 0.1) is 17.1 Å². The summed E-state index contributed by atoms with van der Waals surface area (Å²) in [7, 11) is 0. The number of aromatic nitrogens is 2. The monoisotopic (exact) mass is 482 g/mol. The Morgan fingerprint density at radius 3 is 2.60 bits per heavy atom. The van der Waals surface area contributed by atoms with Crippen LogP contribution in [0.25, 0.3) is 10.9 Å². The maximum absolute atomic E-state index is 13.9. The second-order valence-electron chi connectivity index (χ2n) is 7.45. The van der Waals surface area contributed by atoms with Gasteiger partial charge in [0.05, 0.1) is 40.6 Å². The minimum absolute atomic E-state index is 0.0181. The zero-order valence-electron chi connectivity index (χ0n) is 17.6. The van der Waals surface area contributed by atoms with Crippen molar-refractivity contribution in [1.82, 2.24) is 9.55 Å². The molecule has 0 spiro atoms. The van der Waals surface area contributed by atoms with Crippen LogP contribution in [0.3, 0.4) is 0 Å². The van der Waals surface area contributed by atoms with Crippen LogP contribution in [0.4, 0.5) is 23.2 Å². The predicted octanol–water partition coefficient (Wildman–Crippen LogP) is 4.43. The third-order valence-corrected chi connectivity index (χ3v) is 5.21. The zero-order chi connectivity index (χ0) is 25.3. The molecule has 0 aliphatic heterocycles. The molecule has 0 fully saturated rings. The molecule has 4 aromatic rings. The highest BCUT2D eigenvalue weighted by atomic mass is 19.4. The fourth-order valence-corrected chi connectivity index (χ4v) is 3.55. The molecule has 0 aliphatic carbocycles. The maximum atomic E-state index is 13.9. The van der Waals surface area contributed by atoms with Gasteiger partial charge in [0.15, 0.2) is 11.6 Å². The topological polar surface area (TPSA) is 108 Å². The van der Waals surface area contributed by atoms with Gasteiger partial charge in [-0.15, -0.1) is 0 Å². The maximum Gasteiger partial charge on any atom is 0.416 e. The zero-order valence-corrected chi connectivity index (χ0v) is 17.6. The minimum atomic E-state index is -4.62. The highest BCUT2D eigenvalue weighted by molar-refractivity contribution is 6.08. The van der Waals surface area contributed by atoms with Crippen molar-refractivity contribution in [3.05, 3.63) is 99.3 Å². The molecule has 4 rings (SSSR count).